The Bertz CT molecular complexity index is 111. The van der Waals surface area contributed by atoms with Gasteiger partial charge >= 0.3 is 0 Å². The molecule has 1 N–H and O–H groups in total. The van der Waals surface area contributed by atoms with E-state index in [1.807, 2.05) is 11.8 Å². The minimum absolute atomic E-state index is 0.406. The van der Waals surface area contributed by atoms with Crippen LogP contribution in [-0.4, -0.2) is 22.2 Å². The van der Waals surface area contributed by atoms with Crippen LogP contribution in [0.1, 0.15) is 52.9 Å². The number of rotatable bonds is 8. The van der Waals surface area contributed by atoms with E-state index in [0.29, 0.717) is 0 Å². The molecule has 80 valence electrons. The van der Waals surface area contributed by atoms with Crippen LogP contribution in [0.4, 0.5) is 0 Å². The van der Waals surface area contributed by atoms with Crippen molar-refractivity contribution in [2.45, 2.75) is 58.5 Å². The monoisotopic (exact) mass is 204 g/mol. The molecule has 0 saturated carbocycles. The lowest BCUT2D eigenvalue weighted by molar-refractivity contribution is 0.0572. The number of thioether (sulfide) groups is 1. The van der Waals surface area contributed by atoms with Gasteiger partial charge in [0.05, 0.1) is 5.60 Å². The maximum atomic E-state index is 9.96. The molecule has 0 heterocycles. The summed E-state index contributed by atoms with van der Waals surface area (Å²) in [6.45, 7) is 6.35. The molecule has 0 aliphatic heterocycles. The standard InChI is InChI=1S/C11H24OS/c1-4-7-8-9-13-10-11(12,5-2)6-3/h12H,4-10H2,1-3H3. The third-order valence-corrected chi connectivity index (χ3v) is 3.90. The molecule has 0 aliphatic carbocycles. The molecule has 0 aliphatic rings. The largest absolute Gasteiger partial charge is 0.389 e. The highest BCUT2D eigenvalue weighted by atomic mass is 32.2. The molecule has 0 fully saturated rings. The first-order valence-corrected chi connectivity index (χ1v) is 6.64. The van der Waals surface area contributed by atoms with E-state index in [-0.39, 0.29) is 0 Å². The minimum Gasteiger partial charge on any atom is -0.389 e. The third-order valence-electron chi connectivity index (χ3n) is 2.58. The first-order chi connectivity index (χ1) is 6.18. The van der Waals surface area contributed by atoms with Crippen LogP contribution in [0.3, 0.4) is 0 Å². The molecular formula is C11H24OS. The van der Waals surface area contributed by atoms with Crippen molar-refractivity contribution in [2.24, 2.45) is 0 Å². The van der Waals surface area contributed by atoms with Crippen LogP contribution in [0.5, 0.6) is 0 Å². The van der Waals surface area contributed by atoms with Crippen molar-refractivity contribution in [3.8, 4) is 0 Å². The van der Waals surface area contributed by atoms with Gasteiger partial charge in [-0.05, 0) is 25.0 Å². The van der Waals surface area contributed by atoms with Crippen LogP contribution in [-0.2, 0) is 0 Å². The fourth-order valence-electron chi connectivity index (χ4n) is 1.17. The van der Waals surface area contributed by atoms with Gasteiger partial charge < -0.3 is 5.11 Å². The average molecular weight is 204 g/mol. The van der Waals surface area contributed by atoms with Gasteiger partial charge in [0.25, 0.3) is 0 Å². The summed E-state index contributed by atoms with van der Waals surface area (Å²) in [7, 11) is 0. The summed E-state index contributed by atoms with van der Waals surface area (Å²) in [6.07, 6.45) is 5.66. The quantitative estimate of drug-likeness (QED) is 0.611. The molecule has 0 aromatic rings. The molecule has 0 saturated heterocycles. The average Bonchev–Trinajstić information content (AvgIpc) is 2.17. The van der Waals surface area contributed by atoms with Crippen LogP contribution in [0.2, 0.25) is 0 Å². The second-order valence-electron chi connectivity index (χ2n) is 3.69. The lowest BCUT2D eigenvalue weighted by atomic mass is 10.0. The van der Waals surface area contributed by atoms with Crippen LogP contribution in [0, 0.1) is 0 Å². The number of hydrogen-bond donors (Lipinski definition) is 1. The Labute approximate surface area is 87.3 Å². The molecular weight excluding hydrogens is 180 g/mol. The normalized spacial score (nSPS) is 12.0. The smallest absolute Gasteiger partial charge is 0.0732 e. The second-order valence-corrected chi connectivity index (χ2v) is 4.80. The highest BCUT2D eigenvalue weighted by molar-refractivity contribution is 7.99. The van der Waals surface area contributed by atoms with E-state index in [0.717, 1.165) is 18.6 Å². The van der Waals surface area contributed by atoms with E-state index in [2.05, 4.69) is 20.8 Å². The number of aliphatic hydroxyl groups is 1. The van der Waals surface area contributed by atoms with Crippen molar-refractivity contribution in [2.75, 3.05) is 11.5 Å². The number of hydrogen-bond acceptors (Lipinski definition) is 2. The summed E-state index contributed by atoms with van der Waals surface area (Å²) in [4.78, 5) is 0. The summed E-state index contributed by atoms with van der Waals surface area (Å²) >= 11 is 1.90. The van der Waals surface area contributed by atoms with Crippen molar-refractivity contribution in [1.29, 1.82) is 0 Å². The highest BCUT2D eigenvalue weighted by Crippen LogP contribution is 2.21. The molecule has 0 amide bonds. The van der Waals surface area contributed by atoms with Gasteiger partial charge in [-0.25, -0.2) is 0 Å². The molecule has 0 radical (unpaired) electrons. The maximum Gasteiger partial charge on any atom is 0.0732 e. The lowest BCUT2D eigenvalue weighted by Gasteiger charge is -2.24. The van der Waals surface area contributed by atoms with Crippen LogP contribution >= 0.6 is 11.8 Å². The SMILES string of the molecule is CCCCCSCC(O)(CC)CC. The zero-order valence-electron chi connectivity index (χ0n) is 9.31. The Hall–Kier alpha value is 0.310. The van der Waals surface area contributed by atoms with Crippen LogP contribution in [0.25, 0.3) is 0 Å². The van der Waals surface area contributed by atoms with Gasteiger partial charge in [-0.3, -0.25) is 0 Å². The van der Waals surface area contributed by atoms with Crippen molar-refractivity contribution in [3.05, 3.63) is 0 Å². The first kappa shape index (κ1) is 13.3. The van der Waals surface area contributed by atoms with Gasteiger partial charge in [0.1, 0.15) is 0 Å². The second kappa shape index (κ2) is 7.69. The lowest BCUT2D eigenvalue weighted by Crippen LogP contribution is -2.29. The van der Waals surface area contributed by atoms with Crippen molar-refractivity contribution >= 4 is 11.8 Å². The van der Waals surface area contributed by atoms with Gasteiger partial charge in [0.2, 0.25) is 0 Å². The zero-order valence-corrected chi connectivity index (χ0v) is 10.1. The Balaban J connectivity index is 3.39. The van der Waals surface area contributed by atoms with Gasteiger partial charge in [0, 0.05) is 5.75 Å². The molecule has 2 heteroatoms. The summed E-state index contributed by atoms with van der Waals surface area (Å²) in [5, 5.41) is 9.96. The molecule has 0 aromatic carbocycles. The van der Waals surface area contributed by atoms with Crippen molar-refractivity contribution < 1.29 is 5.11 Å². The van der Waals surface area contributed by atoms with E-state index < -0.39 is 5.60 Å². The molecule has 0 bridgehead atoms. The van der Waals surface area contributed by atoms with Gasteiger partial charge in [-0.15, -0.1) is 0 Å². The summed E-state index contributed by atoms with van der Waals surface area (Å²) in [5.74, 6) is 2.11. The fraction of sp³-hybridized carbons (Fsp3) is 1.00. The Morgan fingerprint density at radius 3 is 2.15 bits per heavy atom. The Morgan fingerprint density at radius 1 is 1.08 bits per heavy atom. The van der Waals surface area contributed by atoms with E-state index in [9.17, 15) is 5.11 Å². The minimum atomic E-state index is -0.406. The molecule has 0 rings (SSSR count). The Morgan fingerprint density at radius 2 is 1.69 bits per heavy atom. The van der Waals surface area contributed by atoms with E-state index in [4.69, 9.17) is 0 Å². The predicted molar refractivity (Wildman–Crippen MR) is 62.4 cm³/mol. The van der Waals surface area contributed by atoms with E-state index in [1.165, 1.54) is 25.0 Å². The topological polar surface area (TPSA) is 20.2 Å². The third kappa shape index (κ3) is 6.39. The molecule has 0 aromatic heterocycles. The maximum absolute atomic E-state index is 9.96. The Kier molecular flexibility index (Phi) is 7.87. The van der Waals surface area contributed by atoms with Crippen LogP contribution in [0.15, 0.2) is 0 Å². The first-order valence-electron chi connectivity index (χ1n) is 5.48. The van der Waals surface area contributed by atoms with Crippen LogP contribution < -0.4 is 0 Å². The summed E-state index contributed by atoms with van der Waals surface area (Å²) < 4.78 is 0. The van der Waals surface area contributed by atoms with Gasteiger partial charge in [-0.2, -0.15) is 11.8 Å². The van der Waals surface area contributed by atoms with Gasteiger partial charge in [0.15, 0.2) is 0 Å². The molecule has 1 nitrogen and oxygen atoms in total. The fourth-order valence-corrected chi connectivity index (χ4v) is 2.51. The summed E-state index contributed by atoms with van der Waals surface area (Å²) in [5.41, 5.74) is -0.406. The molecule has 13 heavy (non-hydrogen) atoms. The molecule has 0 unspecified atom stereocenters. The van der Waals surface area contributed by atoms with Crippen molar-refractivity contribution in [3.63, 3.8) is 0 Å². The number of unbranched alkanes of at least 4 members (excludes halogenated alkanes) is 2. The summed E-state index contributed by atoms with van der Waals surface area (Å²) in [6, 6.07) is 0. The van der Waals surface area contributed by atoms with Gasteiger partial charge in [-0.1, -0.05) is 33.6 Å². The molecule has 0 spiro atoms. The zero-order chi connectivity index (χ0) is 10.2. The molecule has 0 atom stereocenters. The van der Waals surface area contributed by atoms with Crippen molar-refractivity contribution in [1.82, 2.24) is 0 Å². The van der Waals surface area contributed by atoms with E-state index in [1.54, 1.807) is 0 Å². The highest BCUT2D eigenvalue weighted by Gasteiger charge is 2.21. The predicted octanol–water partition coefficient (Wildman–Crippen LogP) is 3.46. The van der Waals surface area contributed by atoms with E-state index >= 15 is 0 Å².